The van der Waals surface area contributed by atoms with Crippen LogP contribution in [0.1, 0.15) is 10.9 Å². The van der Waals surface area contributed by atoms with E-state index >= 15 is 0 Å². The summed E-state index contributed by atoms with van der Waals surface area (Å²) in [6.45, 7) is 0. The molecule has 1 fully saturated rings. The minimum atomic E-state index is -0.362. The Bertz CT molecular complexity index is 602. The van der Waals surface area contributed by atoms with Crippen molar-refractivity contribution in [3.8, 4) is 0 Å². The third-order valence-electron chi connectivity index (χ3n) is 3.06. The lowest BCUT2D eigenvalue weighted by Gasteiger charge is -2.24. The maximum atomic E-state index is 13.9. The summed E-state index contributed by atoms with van der Waals surface area (Å²) in [6, 6.07) is 16.1. The molecule has 0 aliphatic carbocycles. The van der Waals surface area contributed by atoms with Crippen molar-refractivity contribution in [1.29, 1.82) is 0 Å². The summed E-state index contributed by atoms with van der Waals surface area (Å²) in [5, 5.41) is -0.148. The van der Waals surface area contributed by atoms with Crippen LogP contribution in [0.5, 0.6) is 0 Å². The lowest BCUT2D eigenvalue weighted by molar-refractivity contribution is -0.115. The standard InChI is InChI=1S/C15H12FNOS/c16-12-8-4-5-9-13(12)17-14(18)10-19-15(17)11-6-2-1-3-7-11/h1-9,15H,10H2/t15-/m1/s1. The molecule has 2 aromatic carbocycles. The molecule has 4 heteroatoms. The molecule has 19 heavy (non-hydrogen) atoms. The minimum Gasteiger partial charge on any atom is -0.292 e. The van der Waals surface area contributed by atoms with Crippen molar-refractivity contribution >= 4 is 23.4 Å². The number of hydrogen-bond donors (Lipinski definition) is 0. The molecule has 1 atom stereocenters. The van der Waals surface area contributed by atoms with Gasteiger partial charge in [-0.3, -0.25) is 9.69 Å². The van der Waals surface area contributed by atoms with Crippen LogP contribution in [0.4, 0.5) is 10.1 Å². The van der Waals surface area contributed by atoms with Gasteiger partial charge in [-0.15, -0.1) is 11.8 Å². The van der Waals surface area contributed by atoms with E-state index in [1.54, 1.807) is 23.1 Å². The van der Waals surface area contributed by atoms with Crippen LogP contribution in [0, 0.1) is 5.82 Å². The van der Waals surface area contributed by atoms with Gasteiger partial charge in [0.15, 0.2) is 0 Å². The van der Waals surface area contributed by atoms with Crippen molar-refractivity contribution in [3.63, 3.8) is 0 Å². The van der Waals surface area contributed by atoms with Crippen molar-refractivity contribution in [1.82, 2.24) is 0 Å². The number of anilines is 1. The number of halogens is 1. The van der Waals surface area contributed by atoms with Crippen LogP contribution in [-0.2, 0) is 4.79 Å². The molecule has 0 radical (unpaired) electrons. The monoisotopic (exact) mass is 273 g/mol. The fourth-order valence-corrected chi connectivity index (χ4v) is 3.37. The van der Waals surface area contributed by atoms with Gasteiger partial charge in [0.1, 0.15) is 11.2 Å². The zero-order valence-electron chi connectivity index (χ0n) is 10.1. The molecule has 1 amide bonds. The summed E-state index contributed by atoms with van der Waals surface area (Å²) < 4.78 is 13.9. The zero-order chi connectivity index (χ0) is 13.2. The van der Waals surface area contributed by atoms with Crippen LogP contribution >= 0.6 is 11.8 Å². The topological polar surface area (TPSA) is 20.3 Å². The van der Waals surface area contributed by atoms with Crippen molar-refractivity contribution < 1.29 is 9.18 Å². The molecule has 0 unspecified atom stereocenters. The third-order valence-corrected chi connectivity index (χ3v) is 4.28. The molecule has 0 N–H and O–H groups in total. The van der Waals surface area contributed by atoms with Gasteiger partial charge >= 0.3 is 0 Å². The summed E-state index contributed by atoms with van der Waals surface area (Å²) in [7, 11) is 0. The Balaban J connectivity index is 2.03. The van der Waals surface area contributed by atoms with Crippen LogP contribution in [0.25, 0.3) is 0 Å². The molecule has 0 spiro atoms. The fourth-order valence-electron chi connectivity index (χ4n) is 2.20. The number of carbonyl (C=O) groups is 1. The molecule has 1 aliphatic rings. The maximum absolute atomic E-state index is 13.9. The molecule has 1 saturated heterocycles. The summed E-state index contributed by atoms with van der Waals surface area (Å²) in [5.41, 5.74) is 1.37. The highest BCUT2D eigenvalue weighted by atomic mass is 32.2. The van der Waals surface area contributed by atoms with Crippen LogP contribution < -0.4 is 4.90 Å². The molecule has 0 aromatic heterocycles. The normalized spacial score (nSPS) is 18.9. The summed E-state index contributed by atoms with van der Waals surface area (Å²) in [4.78, 5) is 13.6. The Morgan fingerprint density at radius 2 is 1.74 bits per heavy atom. The first-order chi connectivity index (χ1) is 9.27. The van der Waals surface area contributed by atoms with Gasteiger partial charge in [-0.25, -0.2) is 4.39 Å². The average Bonchev–Trinajstić information content (AvgIpc) is 2.82. The van der Waals surface area contributed by atoms with Gasteiger partial charge in [-0.1, -0.05) is 42.5 Å². The molecular weight excluding hydrogens is 261 g/mol. The highest BCUT2D eigenvalue weighted by molar-refractivity contribution is 8.00. The van der Waals surface area contributed by atoms with Gasteiger partial charge in [0.2, 0.25) is 5.91 Å². The number of hydrogen-bond acceptors (Lipinski definition) is 2. The summed E-state index contributed by atoms with van der Waals surface area (Å²) in [5.74, 6) is -0.0308. The molecule has 0 saturated carbocycles. The molecular formula is C15H12FNOS. The largest absolute Gasteiger partial charge is 0.292 e. The molecule has 1 aliphatic heterocycles. The molecule has 0 bridgehead atoms. The second-order valence-electron chi connectivity index (χ2n) is 4.29. The number of para-hydroxylation sites is 1. The van der Waals surface area contributed by atoms with Crippen LogP contribution in [0.2, 0.25) is 0 Å². The zero-order valence-corrected chi connectivity index (χ0v) is 10.9. The van der Waals surface area contributed by atoms with E-state index in [1.807, 2.05) is 30.3 Å². The molecule has 2 nitrogen and oxygen atoms in total. The van der Waals surface area contributed by atoms with Gasteiger partial charge in [0, 0.05) is 0 Å². The van der Waals surface area contributed by atoms with E-state index in [0.717, 1.165) is 5.56 Å². The van der Waals surface area contributed by atoms with Crippen molar-refractivity contribution in [2.75, 3.05) is 10.7 Å². The number of nitrogens with zero attached hydrogens (tertiary/aromatic N) is 1. The van der Waals surface area contributed by atoms with E-state index in [1.165, 1.54) is 17.8 Å². The van der Waals surface area contributed by atoms with Crippen LogP contribution in [0.3, 0.4) is 0 Å². The van der Waals surface area contributed by atoms with Crippen molar-refractivity contribution in [2.45, 2.75) is 5.37 Å². The van der Waals surface area contributed by atoms with Crippen molar-refractivity contribution in [2.24, 2.45) is 0 Å². The first-order valence-corrected chi connectivity index (χ1v) is 7.05. The van der Waals surface area contributed by atoms with E-state index in [4.69, 9.17) is 0 Å². The fraction of sp³-hybridized carbons (Fsp3) is 0.133. The number of benzene rings is 2. The molecule has 96 valence electrons. The highest BCUT2D eigenvalue weighted by Crippen LogP contribution is 2.42. The first-order valence-electron chi connectivity index (χ1n) is 6.00. The maximum Gasteiger partial charge on any atom is 0.238 e. The molecule has 1 heterocycles. The van der Waals surface area contributed by atoms with Gasteiger partial charge in [0.05, 0.1) is 11.4 Å². The van der Waals surface area contributed by atoms with E-state index in [0.29, 0.717) is 11.4 Å². The molecule has 2 aromatic rings. The summed E-state index contributed by atoms with van der Waals surface area (Å²) in [6.07, 6.45) is 0. The van der Waals surface area contributed by atoms with E-state index in [9.17, 15) is 9.18 Å². The Hall–Kier alpha value is -1.81. The Morgan fingerprint density at radius 3 is 2.47 bits per heavy atom. The predicted octanol–water partition coefficient (Wildman–Crippen LogP) is 3.60. The second-order valence-corrected chi connectivity index (χ2v) is 5.36. The van der Waals surface area contributed by atoms with Crippen LogP contribution in [-0.4, -0.2) is 11.7 Å². The van der Waals surface area contributed by atoms with E-state index < -0.39 is 0 Å². The van der Waals surface area contributed by atoms with Crippen molar-refractivity contribution in [3.05, 3.63) is 66.0 Å². The van der Waals surface area contributed by atoms with E-state index in [-0.39, 0.29) is 17.1 Å². The smallest absolute Gasteiger partial charge is 0.238 e. The Kier molecular flexibility index (Phi) is 3.25. The van der Waals surface area contributed by atoms with E-state index in [2.05, 4.69) is 0 Å². The van der Waals surface area contributed by atoms with Crippen LogP contribution in [0.15, 0.2) is 54.6 Å². The number of thioether (sulfide) groups is 1. The first kappa shape index (κ1) is 12.2. The Morgan fingerprint density at radius 1 is 1.05 bits per heavy atom. The predicted molar refractivity (Wildman–Crippen MR) is 75.5 cm³/mol. The molecule has 3 rings (SSSR count). The number of carbonyl (C=O) groups excluding carboxylic acids is 1. The highest BCUT2D eigenvalue weighted by Gasteiger charge is 2.35. The average molecular weight is 273 g/mol. The van der Waals surface area contributed by atoms with Gasteiger partial charge in [-0.05, 0) is 17.7 Å². The quantitative estimate of drug-likeness (QED) is 0.833. The van der Waals surface area contributed by atoms with Gasteiger partial charge in [0.25, 0.3) is 0 Å². The lowest BCUT2D eigenvalue weighted by Crippen LogP contribution is -2.28. The third kappa shape index (κ3) is 2.24. The number of rotatable bonds is 2. The lowest BCUT2D eigenvalue weighted by atomic mass is 10.2. The minimum absolute atomic E-state index is 0.0519. The summed E-state index contributed by atoms with van der Waals surface area (Å²) >= 11 is 1.52. The van der Waals surface area contributed by atoms with Gasteiger partial charge in [-0.2, -0.15) is 0 Å². The number of amides is 1. The second kappa shape index (κ2) is 5.05. The SMILES string of the molecule is O=C1CS[C@H](c2ccccc2)N1c1ccccc1F. The van der Waals surface area contributed by atoms with Gasteiger partial charge < -0.3 is 0 Å². The Labute approximate surface area is 115 Å².